The Morgan fingerprint density at radius 3 is 2.31 bits per heavy atom. The molecule has 1 aliphatic heterocycles. The molecule has 1 aliphatic rings. The normalized spacial score (nSPS) is 17.7. The minimum Gasteiger partial charge on any atom is -0.492 e. The fraction of sp³-hybridized carbons (Fsp3) is 0.542. The molecule has 1 fully saturated rings. The average Bonchev–Trinajstić information content (AvgIpc) is 3.28. The van der Waals surface area contributed by atoms with Gasteiger partial charge in [0.15, 0.2) is 0 Å². The van der Waals surface area contributed by atoms with E-state index in [1.807, 2.05) is 30.3 Å². The van der Waals surface area contributed by atoms with Crippen LogP contribution in [0.1, 0.15) is 31.6 Å². The number of nitriles is 1. The van der Waals surface area contributed by atoms with E-state index in [4.69, 9.17) is 4.74 Å². The third kappa shape index (κ3) is 5.82. The predicted molar refractivity (Wildman–Crippen MR) is 120 cm³/mol. The van der Waals surface area contributed by atoms with E-state index in [-0.39, 0.29) is 5.41 Å². The SMILES string of the molecule is CC(C)C(C#N)(CCCN1CCN(CCOc2ccccc2)CC1)c1cccs1. The van der Waals surface area contributed by atoms with Gasteiger partial charge in [-0.1, -0.05) is 38.1 Å². The minimum absolute atomic E-state index is 0.326. The van der Waals surface area contributed by atoms with E-state index in [0.29, 0.717) is 5.92 Å². The van der Waals surface area contributed by atoms with Gasteiger partial charge in [0.05, 0.1) is 11.5 Å². The van der Waals surface area contributed by atoms with Gasteiger partial charge < -0.3 is 9.64 Å². The number of hydrogen-bond donors (Lipinski definition) is 0. The van der Waals surface area contributed by atoms with Gasteiger partial charge in [0.25, 0.3) is 0 Å². The molecule has 4 nitrogen and oxygen atoms in total. The van der Waals surface area contributed by atoms with Gasteiger partial charge in [0, 0.05) is 37.6 Å². The van der Waals surface area contributed by atoms with E-state index in [9.17, 15) is 5.26 Å². The lowest BCUT2D eigenvalue weighted by atomic mass is 9.73. The fourth-order valence-corrected chi connectivity index (χ4v) is 5.15. The molecule has 1 unspecified atom stereocenters. The number of rotatable bonds is 10. The van der Waals surface area contributed by atoms with Gasteiger partial charge in [0.2, 0.25) is 0 Å². The van der Waals surface area contributed by atoms with Gasteiger partial charge in [-0.2, -0.15) is 5.26 Å². The molecule has 0 spiro atoms. The van der Waals surface area contributed by atoms with E-state index in [0.717, 1.165) is 64.5 Å². The molecule has 1 saturated heterocycles. The van der Waals surface area contributed by atoms with Crippen LogP contribution in [0.5, 0.6) is 5.75 Å². The molecule has 0 saturated carbocycles. The third-order valence-electron chi connectivity index (χ3n) is 6.08. The van der Waals surface area contributed by atoms with Crippen LogP contribution in [0.15, 0.2) is 47.8 Å². The lowest BCUT2D eigenvalue weighted by Crippen LogP contribution is -2.47. The maximum absolute atomic E-state index is 9.98. The lowest BCUT2D eigenvalue weighted by molar-refractivity contribution is 0.114. The highest BCUT2D eigenvalue weighted by molar-refractivity contribution is 7.10. The van der Waals surface area contributed by atoms with Crippen LogP contribution in [0, 0.1) is 17.2 Å². The Hall–Kier alpha value is -1.87. The molecule has 1 aromatic heterocycles. The molecule has 0 radical (unpaired) electrons. The first-order valence-corrected chi connectivity index (χ1v) is 11.6. The van der Waals surface area contributed by atoms with Crippen molar-refractivity contribution in [2.75, 3.05) is 45.9 Å². The monoisotopic (exact) mass is 411 g/mol. The van der Waals surface area contributed by atoms with Crippen molar-refractivity contribution in [3.05, 3.63) is 52.7 Å². The highest BCUT2D eigenvalue weighted by Crippen LogP contribution is 2.39. The predicted octanol–water partition coefficient (Wildman–Crippen LogP) is 4.64. The number of benzene rings is 1. The van der Waals surface area contributed by atoms with Gasteiger partial charge in [-0.05, 0) is 48.9 Å². The van der Waals surface area contributed by atoms with E-state index in [1.165, 1.54) is 4.88 Å². The third-order valence-corrected chi connectivity index (χ3v) is 7.12. The Kier molecular flexibility index (Phi) is 8.11. The van der Waals surface area contributed by atoms with E-state index < -0.39 is 0 Å². The summed E-state index contributed by atoms with van der Waals surface area (Å²) >= 11 is 1.72. The first-order chi connectivity index (χ1) is 14.1. The first kappa shape index (κ1) is 21.8. The van der Waals surface area contributed by atoms with E-state index in [1.54, 1.807) is 11.3 Å². The summed E-state index contributed by atoms with van der Waals surface area (Å²) in [4.78, 5) is 6.25. The summed E-state index contributed by atoms with van der Waals surface area (Å²) in [6.45, 7) is 11.6. The van der Waals surface area contributed by atoms with Crippen LogP contribution in [0.4, 0.5) is 0 Å². The van der Waals surface area contributed by atoms with Crippen molar-refractivity contribution in [3.63, 3.8) is 0 Å². The van der Waals surface area contributed by atoms with Crippen molar-refractivity contribution in [1.82, 2.24) is 9.80 Å². The smallest absolute Gasteiger partial charge is 0.119 e. The van der Waals surface area contributed by atoms with Crippen LogP contribution >= 0.6 is 11.3 Å². The van der Waals surface area contributed by atoms with Crippen LogP contribution in [-0.2, 0) is 5.41 Å². The van der Waals surface area contributed by atoms with E-state index >= 15 is 0 Å². The zero-order valence-electron chi connectivity index (χ0n) is 17.7. The molecular formula is C24H33N3OS. The molecule has 2 aromatic rings. The zero-order chi connectivity index (χ0) is 20.5. The van der Waals surface area contributed by atoms with Crippen molar-refractivity contribution in [2.45, 2.75) is 32.1 Å². The Morgan fingerprint density at radius 2 is 1.72 bits per heavy atom. The summed E-state index contributed by atoms with van der Waals surface area (Å²) < 4.78 is 5.82. The summed E-state index contributed by atoms with van der Waals surface area (Å²) in [6.07, 6.45) is 2.01. The van der Waals surface area contributed by atoms with Crippen LogP contribution in [0.25, 0.3) is 0 Å². The van der Waals surface area contributed by atoms with E-state index in [2.05, 4.69) is 47.2 Å². The maximum atomic E-state index is 9.98. The lowest BCUT2D eigenvalue weighted by Gasteiger charge is -2.35. The van der Waals surface area contributed by atoms with Gasteiger partial charge in [-0.3, -0.25) is 4.90 Å². The molecule has 0 amide bonds. The van der Waals surface area contributed by atoms with Gasteiger partial charge in [0.1, 0.15) is 12.4 Å². The summed E-state index contributed by atoms with van der Waals surface area (Å²) in [6, 6.07) is 16.9. The Balaban J connectivity index is 1.38. The number of thiophene rings is 1. The highest BCUT2D eigenvalue weighted by atomic mass is 32.1. The molecule has 5 heteroatoms. The Labute approximate surface area is 179 Å². The number of hydrogen-bond acceptors (Lipinski definition) is 5. The van der Waals surface area contributed by atoms with Crippen LogP contribution < -0.4 is 4.74 Å². The second kappa shape index (κ2) is 10.8. The number of piperazine rings is 1. The molecule has 29 heavy (non-hydrogen) atoms. The second-order valence-corrected chi connectivity index (χ2v) is 9.11. The second-order valence-electron chi connectivity index (χ2n) is 8.16. The molecule has 0 bridgehead atoms. The summed E-state index contributed by atoms with van der Waals surface area (Å²) in [5.41, 5.74) is -0.342. The van der Waals surface area contributed by atoms with Crippen LogP contribution in [0.2, 0.25) is 0 Å². The fourth-order valence-electron chi connectivity index (χ4n) is 4.10. The van der Waals surface area contributed by atoms with Crippen molar-refractivity contribution < 1.29 is 4.74 Å². The Morgan fingerprint density at radius 1 is 1.03 bits per heavy atom. The van der Waals surface area contributed by atoms with Gasteiger partial charge in [-0.25, -0.2) is 0 Å². The highest BCUT2D eigenvalue weighted by Gasteiger charge is 2.36. The summed E-state index contributed by atoms with van der Waals surface area (Å²) in [7, 11) is 0. The van der Waals surface area contributed by atoms with Crippen LogP contribution in [0.3, 0.4) is 0 Å². The zero-order valence-corrected chi connectivity index (χ0v) is 18.5. The molecular weight excluding hydrogens is 378 g/mol. The Bertz CT molecular complexity index is 748. The van der Waals surface area contributed by atoms with Crippen LogP contribution in [-0.4, -0.2) is 55.7 Å². The molecule has 156 valence electrons. The molecule has 2 heterocycles. The van der Waals surface area contributed by atoms with Crippen molar-refractivity contribution in [2.24, 2.45) is 5.92 Å². The number of para-hydroxylation sites is 1. The number of nitrogens with zero attached hydrogens (tertiary/aromatic N) is 3. The van der Waals surface area contributed by atoms with Crippen molar-refractivity contribution in [1.29, 1.82) is 5.26 Å². The molecule has 1 atom stereocenters. The molecule has 1 aromatic carbocycles. The largest absolute Gasteiger partial charge is 0.492 e. The maximum Gasteiger partial charge on any atom is 0.119 e. The molecule has 3 rings (SSSR count). The van der Waals surface area contributed by atoms with Gasteiger partial charge >= 0.3 is 0 Å². The van der Waals surface area contributed by atoms with Gasteiger partial charge in [-0.15, -0.1) is 11.3 Å². The standard InChI is InChI=1S/C24H33N3OS/c1-21(2)24(20-25,23-10-6-19-29-23)11-7-12-26-13-15-27(16-14-26)17-18-28-22-8-4-3-5-9-22/h3-6,8-10,19,21H,7,11-18H2,1-2H3. The summed E-state index contributed by atoms with van der Waals surface area (Å²) in [5, 5.41) is 12.1. The number of ether oxygens (including phenoxy) is 1. The molecule has 0 aliphatic carbocycles. The topological polar surface area (TPSA) is 39.5 Å². The quantitative estimate of drug-likeness (QED) is 0.571. The first-order valence-electron chi connectivity index (χ1n) is 10.7. The van der Waals surface area contributed by atoms with Crippen molar-refractivity contribution in [3.8, 4) is 11.8 Å². The van der Waals surface area contributed by atoms with Crippen molar-refractivity contribution >= 4 is 11.3 Å². The molecule has 0 N–H and O–H groups in total. The minimum atomic E-state index is -0.342. The average molecular weight is 412 g/mol. The summed E-state index contributed by atoms with van der Waals surface area (Å²) in [5.74, 6) is 1.27.